The van der Waals surface area contributed by atoms with Gasteiger partial charge in [0.1, 0.15) is 11.5 Å². The summed E-state index contributed by atoms with van der Waals surface area (Å²) < 4.78 is 38.6. The average molecular weight is 500 g/mol. The number of aromatic hydroxyl groups is 1. The summed E-state index contributed by atoms with van der Waals surface area (Å²) in [4.78, 5) is 12.5. The van der Waals surface area contributed by atoms with Crippen LogP contribution in [-0.2, 0) is 10.0 Å². The number of nitrogens with one attached hydrogen (secondary N) is 2. The predicted molar refractivity (Wildman–Crippen MR) is 127 cm³/mol. The van der Waals surface area contributed by atoms with Crippen molar-refractivity contribution in [3.05, 3.63) is 83.5 Å². The van der Waals surface area contributed by atoms with Crippen LogP contribution in [0, 0.1) is 0 Å². The Morgan fingerprint density at radius 2 is 1.76 bits per heavy atom. The van der Waals surface area contributed by atoms with E-state index in [4.69, 9.17) is 20.9 Å². The van der Waals surface area contributed by atoms with Crippen LogP contribution >= 0.6 is 11.6 Å². The molecule has 11 heteroatoms. The van der Waals surface area contributed by atoms with Gasteiger partial charge < -0.3 is 19.7 Å². The van der Waals surface area contributed by atoms with Crippen molar-refractivity contribution in [1.29, 1.82) is 0 Å². The van der Waals surface area contributed by atoms with E-state index >= 15 is 0 Å². The van der Waals surface area contributed by atoms with Gasteiger partial charge in [-0.2, -0.15) is 0 Å². The van der Waals surface area contributed by atoms with Crippen LogP contribution < -0.4 is 14.8 Å². The number of benzene rings is 3. The van der Waals surface area contributed by atoms with E-state index in [1.165, 1.54) is 19.2 Å². The van der Waals surface area contributed by atoms with E-state index in [1.807, 2.05) is 0 Å². The zero-order chi connectivity index (χ0) is 24.3. The zero-order valence-electron chi connectivity index (χ0n) is 17.7. The third kappa shape index (κ3) is 4.98. The summed E-state index contributed by atoms with van der Waals surface area (Å²) in [6.07, 6.45) is 0. The van der Waals surface area contributed by atoms with Crippen LogP contribution in [0.25, 0.3) is 11.3 Å². The maximum absolute atomic E-state index is 12.9. The molecular formula is C23H18ClN3O6S. The molecule has 0 radical (unpaired) electrons. The summed E-state index contributed by atoms with van der Waals surface area (Å²) in [5.41, 5.74) is 0.712. The largest absolute Gasteiger partial charge is 0.506 e. The molecule has 34 heavy (non-hydrogen) atoms. The molecule has 174 valence electrons. The summed E-state index contributed by atoms with van der Waals surface area (Å²) in [5, 5.41) is 16.9. The van der Waals surface area contributed by atoms with E-state index in [-0.39, 0.29) is 27.7 Å². The lowest BCUT2D eigenvalue weighted by Crippen LogP contribution is -2.15. The van der Waals surface area contributed by atoms with Crippen molar-refractivity contribution in [2.45, 2.75) is 4.90 Å². The van der Waals surface area contributed by atoms with Crippen molar-refractivity contribution in [2.75, 3.05) is 17.1 Å². The molecule has 0 saturated heterocycles. The molecule has 1 heterocycles. The lowest BCUT2D eigenvalue weighted by molar-refractivity contribution is 0.101. The maximum Gasteiger partial charge on any atom is 0.277 e. The molecule has 0 aliphatic rings. The van der Waals surface area contributed by atoms with Crippen molar-refractivity contribution in [3.8, 4) is 22.8 Å². The molecular weight excluding hydrogens is 482 g/mol. The van der Waals surface area contributed by atoms with Crippen LogP contribution in [0.5, 0.6) is 11.5 Å². The van der Waals surface area contributed by atoms with Crippen LogP contribution in [0.3, 0.4) is 0 Å². The number of carbonyl (C=O) groups excluding carboxylic acids is 1. The standard InChI is InChI=1S/C23H18ClN3O6S/c1-32-21-5-3-2-4-17(21)27-34(30,31)16-10-11-20(28)18(12-16)25-23(29)19-13-22(33-26-19)14-6-8-15(24)9-7-14/h2-13,27-28H,1H3,(H,25,29). The van der Waals surface area contributed by atoms with Gasteiger partial charge >= 0.3 is 0 Å². The lowest BCUT2D eigenvalue weighted by atomic mass is 10.1. The van der Waals surface area contributed by atoms with Gasteiger partial charge in [-0.15, -0.1) is 0 Å². The first-order valence-corrected chi connectivity index (χ1v) is 11.7. The Kier molecular flexibility index (Phi) is 6.44. The van der Waals surface area contributed by atoms with Gasteiger partial charge in [-0.3, -0.25) is 9.52 Å². The quantitative estimate of drug-likeness (QED) is 0.312. The fraction of sp³-hybridized carbons (Fsp3) is 0.0435. The molecule has 0 spiro atoms. The monoisotopic (exact) mass is 499 g/mol. The van der Waals surface area contributed by atoms with E-state index < -0.39 is 15.9 Å². The number of sulfonamides is 1. The fourth-order valence-corrected chi connectivity index (χ4v) is 4.26. The number of nitrogens with zero attached hydrogens (tertiary/aromatic N) is 1. The molecule has 0 atom stereocenters. The smallest absolute Gasteiger partial charge is 0.277 e. The minimum Gasteiger partial charge on any atom is -0.506 e. The second-order valence-corrected chi connectivity index (χ2v) is 9.14. The molecule has 3 aromatic carbocycles. The van der Waals surface area contributed by atoms with Crippen molar-refractivity contribution >= 4 is 38.9 Å². The number of hydrogen-bond donors (Lipinski definition) is 3. The highest BCUT2D eigenvalue weighted by Crippen LogP contribution is 2.30. The van der Waals surface area contributed by atoms with E-state index in [1.54, 1.807) is 48.5 Å². The van der Waals surface area contributed by atoms with Gasteiger partial charge in [-0.1, -0.05) is 28.9 Å². The Balaban J connectivity index is 1.55. The maximum atomic E-state index is 12.9. The molecule has 0 fully saturated rings. The Labute approximate surface area is 200 Å². The second kappa shape index (κ2) is 9.46. The number of phenols is 1. The molecule has 4 rings (SSSR count). The first kappa shape index (κ1) is 23.1. The van der Waals surface area contributed by atoms with Gasteiger partial charge in [0, 0.05) is 16.7 Å². The highest BCUT2D eigenvalue weighted by atomic mass is 35.5. The normalized spacial score (nSPS) is 11.1. The first-order valence-electron chi connectivity index (χ1n) is 9.80. The molecule has 3 N–H and O–H groups in total. The minimum atomic E-state index is -4.06. The van der Waals surface area contributed by atoms with E-state index in [0.29, 0.717) is 22.1 Å². The van der Waals surface area contributed by atoms with Gasteiger partial charge in [0.15, 0.2) is 11.5 Å². The van der Waals surface area contributed by atoms with Crippen molar-refractivity contribution in [1.82, 2.24) is 5.16 Å². The number of aromatic nitrogens is 1. The Morgan fingerprint density at radius 1 is 1.03 bits per heavy atom. The summed E-state index contributed by atoms with van der Waals surface area (Å²) in [6.45, 7) is 0. The highest BCUT2D eigenvalue weighted by molar-refractivity contribution is 7.92. The number of para-hydroxylation sites is 2. The van der Waals surface area contributed by atoms with Gasteiger partial charge in [0.05, 0.1) is 23.4 Å². The van der Waals surface area contributed by atoms with Crippen LogP contribution in [0.2, 0.25) is 5.02 Å². The number of hydrogen-bond acceptors (Lipinski definition) is 7. The van der Waals surface area contributed by atoms with Gasteiger partial charge in [-0.05, 0) is 54.6 Å². The van der Waals surface area contributed by atoms with E-state index in [0.717, 1.165) is 12.1 Å². The summed E-state index contributed by atoms with van der Waals surface area (Å²) in [5.74, 6) is -0.359. The fourth-order valence-electron chi connectivity index (χ4n) is 3.03. The van der Waals surface area contributed by atoms with Gasteiger partial charge in [0.2, 0.25) is 0 Å². The van der Waals surface area contributed by atoms with Crippen molar-refractivity contribution < 1.29 is 27.6 Å². The number of amides is 1. The van der Waals surface area contributed by atoms with Crippen LogP contribution in [0.4, 0.5) is 11.4 Å². The number of methoxy groups -OCH3 is 1. The molecule has 0 aliphatic heterocycles. The number of halogens is 1. The molecule has 4 aromatic rings. The van der Waals surface area contributed by atoms with Crippen molar-refractivity contribution in [2.24, 2.45) is 0 Å². The SMILES string of the molecule is COc1ccccc1NS(=O)(=O)c1ccc(O)c(NC(=O)c2cc(-c3ccc(Cl)cc3)on2)c1. The summed E-state index contributed by atoms with van der Waals surface area (Å²) in [6, 6.07) is 18.2. The Morgan fingerprint density at radius 3 is 2.50 bits per heavy atom. The Bertz CT molecular complexity index is 1450. The topological polar surface area (TPSA) is 131 Å². The van der Waals surface area contributed by atoms with E-state index in [2.05, 4.69) is 15.2 Å². The van der Waals surface area contributed by atoms with Crippen LogP contribution in [0.1, 0.15) is 10.5 Å². The molecule has 0 bridgehead atoms. The molecule has 1 aromatic heterocycles. The first-order chi connectivity index (χ1) is 16.3. The van der Waals surface area contributed by atoms with Crippen LogP contribution in [-0.4, -0.2) is 31.7 Å². The Hall–Kier alpha value is -4.02. The highest BCUT2D eigenvalue weighted by Gasteiger charge is 2.20. The van der Waals surface area contributed by atoms with Gasteiger partial charge in [-0.25, -0.2) is 8.42 Å². The molecule has 0 unspecified atom stereocenters. The van der Waals surface area contributed by atoms with E-state index in [9.17, 15) is 18.3 Å². The number of ether oxygens (including phenoxy) is 1. The molecule has 9 nitrogen and oxygen atoms in total. The number of carbonyl (C=O) groups is 1. The second-order valence-electron chi connectivity index (χ2n) is 7.02. The average Bonchev–Trinajstić information content (AvgIpc) is 3.31. The number of anilines is 2. The number of phenolic OH excluding ortho intramolecular Hbond substituents is 1. The number of rotatable bonds is 7. The summed E-state index contributed by atoms with van der Waals surface area (Å²) >= 11 is 5.88. The van der Waals surface area contributed by atoms with Gasteiger partial charge in [0.25, 0.3) is 15.9 Å². The molecule has 0 saturated carbocycles. The van der Waals surface area contributed by atoms with Crippen LogP contribution in [0.15, 0.2) is 82.2 Å². The lowest BCUT2D eigenvalue weighted by Gasteiger charge is -2.13. The third-order valence-electron chi connectivity index (χ3n) is 4.75. The summed E-state index contributed by atoms with van der Waals surface area (Å²) in [7, 11) is -2.64. The molecule has 0 aliphatic carbocycles. The zero-order valence-corrected chi connectivity index (χ0v) is 19.2. The molecule has 1 amide bonds. The van der Waals surface area contributed by atoms with Crippen molar-refractivity contribution in [3.63, 3.8) is 0 Å². The minimum absolute atomic E-state index is 0.0650. The predicted octanol–water partition coefficient (Wildman–Crippen LogP) is 4.76. The third-order valence-corrected chi connectivity index (χ3v) is 6.36.